The Bertz CT molecular complexity index is 496. The minimum absolute atomic E-state index is 0.198. The second-order valence-electron chi connectivity index (χ2n) is 4.04. The highest BCUT2D eigenvalue weighted by atomic mass is 32.1. The maximum Gasteiger partial charge on any atom is 0.251 e. The molecule has 0 saturated carbocycles. The Morgan fingerprint density at radius 2 is 2.22 bits per heavy atom. The van der Waals surface area contributed by atoms with Crippen molar-refractivity contribution < 1.29 is 4.79 Å². The fraction of sp³-hybridized carbons (Fsp3) is 0.417. The summed E-state index contributed by atoms with van der Waals surface area (Å²) in [4.78, 5) is 23.5. The van der Waals surface area contributed by atoms with Gasteiger partial charge < -0.3 is 15.6 Å². The van der Waals surface area contributed by atoms with Crippen LogP contribution in [-0.4, -0.2) is 22.0 Å². The lowest BCUT2D eigenvalue weighted by Crippen LogP contribution is -2.27. The first-order valence-corrected chi connectivity index (χ1v) is 6.14. The molecule has 0 radical (unpaired) electrons. The highest BCUT2D eigenvalue weighted by Gasteiger charge is 2.05. The van der Waals surface area contributed by atoms with Gasteiger partial charge in [-0.3, -0.25) is 9.59 Å². The Hall–Kier alpha value is -1.69. The predicted octanol–water partition coefficient (Wildman–Crippen LogP) is 0.572. The lowest BCUT2D eigenvalue weighted by Gasteiger charge is -2.05. The van der Waals surface area contributed by atoms with Crippen molar-refractivity contribution in [2.24, 2.45) is 12.8 Å². The second-order valence-corrected chi connectivity index (χ2v) is 4.57. The molecule has 6 heteroatoms. The minimum Gasteiger partial charge on any atom is -0.393 e. The van der Waals surface area contributed by atoms with E-state index in [0.29, 0.717) is 23.5 Å². The topological polar surface area (TPSA) is 77.1 Å². The molecule has 0 saturated heterocycles. The molecule has 0 fully saturated rings. The molecule has 0 aliphatic rings. The van der Waals surface area contributed by atoms with Gasteiger partial charge in [0.25, 0.3) is 11.5 Å². The van der Waals surface area contributed by atoms with E-state index in [9.17, 15) is 9.59 Å². The van der Waals surface area contributed by atoms with Crippen LogP contribution >= 0.6 is 12.2 Å². The van der Waals surface area contributed by atoms with Crippen molar-refractivity contribution >= 4 is 23.1 Å². The highest BCUT2D eigenvalue weighted by molar-refractivity contribution is 7.80. The molecule has 0 aromatic carbocycles. The van der Waals surface area contributed by atoms with Crippen LogP contribution in [0.3, 0.4) is 0 Å². The van der Waals surface area contributed by atoms with Gasteiger partial charge in [-0.05, 0) is 25.3 Å². The zero-order chi connectivity index (χ0) is 13.5. The summed E-state index contributed by atoms with van der Waals surface area (Å²) < 4.78 is 1.42. The summed E-state index contributed by atoms with van der Waals surface area (Å²) in [5.41, 5.74) is 5.55. The van der Waals surface area contributed by atoms with Crippen molar-refractivity contribution in [3.05, 3.63) is 34.2 Å². The van der Waals surface area contributed by atoms with Crippen molar-refractivity contribution in [2.45, 2.75) is 19.3 Å². The largest absolute Gasteiger partial charge is 0.393 e. The molecular weight excluding hydrogens is 250 g/mol. The standard InChI is InChI=1S/C12H17N3O2S/c1-15-7-5-9(8-11(15)16)12(17)14-6-3-2-4-10(13)18/h5,7-8H,2-4,6H2,1H3,(H2,13,18)(H,14,17). The Labute approximate surface area is 111 Å². The first-order chi connectivity index (χ1) is 8.50. The average Bonchev–Trinajstić information content (AvgIpc) is 2.31. The van der Waals surface area contributed by atoms with Crippen LogP contribution in [0.1, 0.15) is 29.6 Å². The second kappa shape index (κ2) is 6.90. The third-order valence-electron chi connectivity index (χ3n) is 2.50. The van der Waals surface area contributed by atoms with E-state index < -0.39 is 0 Å². The molecule has 1 aromatic heterocycles. The van der Waals surface area contributed by atoms with Crippen LogP contribution in [0, 0.1) is 0 Å². The van der Waals surface area contributed by atoms with Crippen LogP contribution in [0.15, 0.2) is 23.1 Å². The molecule has 0 atom stereocenters. The smallest absolute Gasteiger partial charge is 0.251 e. The Morgan fingerprint density at radius 1 is 1.50 bits per heavy atom. The fourth-order valence-electron chi connectivity index (χ4n) is 1.42. The average molecular weight is 267 g/mol. The van der Waals surface area contributed by atoms with E-state index in [4.69, 9.17) is 18.0 Å². The number of hydrogen-bond donors (Lipinski definition) is 2. The number of carbonyl (C=O) groups is 1. The van der Waals surface area contributed by atoms with Gasteiger partial charge in [0.15, 0.2) is 0 Å². The number of aryl methyl sites for hydroxylation is 1. The van der Waals surface area contributed by atoms with E-state index in [2.05, 4.69) is 5.32 Å². The first-order valence-electron chi connectivity index (χ1n) is 5.74. The molecule has 0 spiro atoms. The van der Waals surface area contributed by atoms with Gasteiger partial charge in [-0.15, -0.1) is 0 Å². The number of nitrogens with two attached hydrogens (primary N) is 1. The lowest BCUT2D eigenvalue weighted by molar-refractivity contribution is 0.0953. The van der Waals surface area contributed by atoms with Crippen LogP contribution in [0.25, 0.3) is 0 Å². The van der Waals surface area contributed by atoms with E-state index in [-0.39, 0.29) is 11.5 Å². The number of nitrogens with one attached hydrogen (secondary N) is 1. The molecule has 18 heavy (non-hydrogen) atoms. The normalized spacial score (nSPS) is 10.1. The quantitative estimate of drug-likeness (QED) is 0.583. The van der Waals surface area contributed by atoms with Crippen LogP contribution < -0.4 is 16.6 Å². The van der Waals surface area contributed by atoms with Gasteiger partial charge in [0.05, 0.1) is 4.99 Å². The summed E-state index contributed by atoms with van der Waals surface area (Å²) >= 11 is 4.75. The van der Waals surface area contributed by atoms with E-state index in [0.717, 1.165) is 12.8 Å². The van der Waals surface area contributed by atoms with Crippen LogP contribution in [0.2, 0.25) is 0 Å². The number of aromatic nitrogens is 1. The third-order valence-corrected chi connectivity index (χ3v) is 2.71. The molecule has 1 amide bonds. The number of thiocarbonyl (C=S) groups is 1. The number of carbonyl (C=O) groups excluding carboxylic acids is 1. The molecule has 98 valence electrons. The van der Waals surface area contributed by atoms with E-state index in [1.54, 1.807) is 19.3 Å². The number of rotatable bonds is 6. The Kier molecular flexibility index (Phi) is 5.51. The summed E-state index contributed by atoms with van der Waals surface area (Å²) in [7, 11) is 1.64. The minimum atomic E-state index is -0.233. The van der Waals surface area contributed by atoms with Gasteiger partial charge in [-0.2, -0.15) is 0 Å². The van der Waals surface area contributed by atoms with Crippen LogP contribution in [0.5, 0.6) is 0 Å². The number of hydrogen-bond acceptors (Lipinski definition) is 3. The van der Waals surface area contributed by atoms with Crippen molar-refractivity contribution in [2.75, 3.05) is 6.54 Å². The molecule has 1 aromatic rings. The van der Waals surface area contributed by atoms with Gasteiger partial charge >= 0.3 is 0 Å². The van der Waals surface area contributed by atoms with Gasteiger partial charge in [0, 0.05) is 31.4 Å². The van der Waals surface area contributed by atoms with E-state index >= 15 is 0 Å². The zero-order valence-corrected chi connectivity index (χ0v) is 11.1. The van der Waals surface area contributed by atoms with Crippen LogP contribution in [0.4, 0.5) is 0 Å². The summed E-state index contributed by atoms with van der Waals surface area (Å²) in [5, 5.41) is 2.75. The third kappa shape index (κ3) is 4.67. The molecule has 0 aliphatic heterocycles. The maximum absolute atomic E-state index is 11.7. The molecule has 0 aliphatic carbocycles. The summed E-state index contributed by atoms with van der Waals surface area (Å²) in [6, 6.07) is 2.94. The molecule has 1 rings (SSSR count). The summed E-state index contributed by atoms with van der Waals surface area (Å²) in [6.45, 7) is 0.552. The van der Waals surface area contributed by atoms with Gasteiger partial charge in [0.1, 0.15) is 0 Å². The molecule has 1 heterocycles. The fourth-order valence-corrected chi connectivity index (χ4v) is 1.56. The number of amides is 1. The van der Waals surface area contributed by atoms with Gasteiger partial charge in [-0.1, -0.05) is 12.2 Å². The predicted molar refractivity (Wildman–Crippen MR) is 74.7 cm³/mol. The highest BCUT2D eigenvalue weighted by Crippen LogP contribution is 1.97. The Morgan fingerprint density at radius 3 is 2.83 bits per heavy atom. The zero-order valence-electron chi connectivity index (χ0n) is 10.3. The van der Waals surface area contributed by atoms with Crippen LogP contribution in [-0.2, 0) is 7.05 Å². The van der Waals surface area contributed by atoms with E-state index in [1.807, 2.05) is 0 Å². The van der Waals surface area contributed by atoms with Crippen molar-refractivity contribution in [1.29, 1.82) is 0 Å². The molecule has 5 nitrogen and oxygen atoms in total. The van der Waals surface area contributed by atoms with E-state index in [1.165, 1.54) is 10.6 Å². The molecule has 0 bridgehead atoms. The van der Waals surface area contributed by atoms with Gasteiger partial charge in [-0.25, -0.2) is 0 Å². The summed E-state index contributed by atoms with van der Waals surface area (Å²) in [6.07, 6.45) is 3.93. The van der Waals surface area contributed by atoms with Gasteiger partial charge in [0.2, 0.25) is 0 Å². The van der Waals surface area contributed by atoms with Crippen molar-refractivity contribution in [3.8, 4) is 0 Å². The number of nitrogens with zero attached hydrogens (tertiary/aromatic N) is 1. The number of pyridine rings is 1. The monoisotopic (exact) mass is 267 g/mol. The Balaban J connectivity index is 2.39. The molecule has 3 N–H and O–H groups in total. The SMILES string of the molecule is Cn1ccc(C(=O)NCCCCC(N)=S)cc1=O. The van der Waals surface area contributed by atoms with Crippen molar-refractivity contribution in [3.63, 3.8) is 0 Å². The maximum atomic E-state index is 11.7. The molecule has 0 unspecified atom stereocenters. The number of unbranched alkanes of at least 4 members (excludes halogenated alkanes) is 1. The first kappa shape index (κ1) is 14.4. The molecular formula is C12H17N3O2S. The summed E-state index contributed by atoms with van der Waals surface area (Å²) in [5.74, 6) is -0.233. The lowest BCUT2D eigenvalue weighted by atomic mass is 10.2. The van der Waals surface area contributed by atoms with Crippen molar-refractivity contribution in [1.82, 2.24) is 9.88 Å².